The second kappa shape index (κ2) is 6.31. The summed E-state index contributed by atoms with van der Waals surface area (Å²) in [6, 6.07) is 7.30. The first-order valence-electron chi connectivity index (χ1n) is 5.68. The number of ether oxygens (including phenoxy) is 1. The van der Waals surface area contributed by atoms with Crippen molar-refractivity contribution in [1.82, 2.24) is 0 Å². The van der Waals surface area contributed by atoms with Gasteiger partial charge in [-0.1, -0.05) is 29.3 Å². The van der Waals surface area contributed by atoms with E-state index in [2.05, 4.69) is 15.9 Å². The molecule has 1 atom stereocenters. The summed E-state index contributed by atoms with van der Waals surface area (Å²) in [5.74, 6) is -0.322. The maximum Gasteiger partial charge on any atom is 0.166 e. The quantitative estimate of drug-likeness (QED) is 0.689. The van der Waals surface area contributed by atoms with Gasteiger partial charge in [-0.3, -0.25) is 0 Å². The predicted octanol–water partition coefficient (Wildman–Crippen LogP) is 5.74. The summed E-state index contributed by atoms with van der Waals surface area (Å²) in [7, 11) is 0. The molecule has 0 aliphatic rings. The minimum atomic E-state index is -0.746. The van der Waals surface area contributed by atoms with Crippen LogP contribution in [0.4, 0.5) is 4.39 Å². The second-order valence-electron chi connectivity index (χ2n) is 4.16. The molecule has 0 saturated heterocycles. The van der Waals surface area contributed by atoms with Crippen LogP contribution < -0.4 is 4.74 Å². The molecule has 0 fully saturated rings. The molecule has 0 aliphatic carbocycles. The van der Waals surface area contributed by atoms with Gasteiger partial charge in [-0.2, -0.15) is 0 Å². The molecule has 2 nitrogen and oxygen atoms in total. The Bertz CT molecular complexity index is 647. The molecule has 0 spiro atoms. The molecule has 0 radical (unpaired) electrons. The van der Waals surface area contributed by atoms with E-state index in [9.17, 15) is 9.50 Å². The lowest BCUT2D eigenvalue weighted by atomic mass is 10.1. The fourth-order valence-corrected chi connectivity index (χ4v) is 2.39. The summed E-state index contributed by atoms with van der Waals surface area (Å²) >= 11 is 15.2. The Balaban J connectivity index is 2.33. The van der Waals surface area contributed by atoms with E-state index < -0.39 is 11.9 Å². The smallest absolute Gasteiger partial charge is 0.166 e. The largest absolute Gasteiger partial charge is 0.453 e. The highest BCUT2D eigenvalue weighted by Gasteiger charge is 2.12. The Morgan fingerprint density at radius 1 is 1.15 bits per heavy atom. The Morgan fingerprint density at radius 2 is 1.85 bits per heavy atom. The van der Waals surface area contributed by atoms with Gasteiger partial charge in [-0.25, -0.2) is 4.39 Å². The summed E-state index contributed by atoms with van der Waals surface area (Å²) < 4.78 is 19.9. The van der Waals surface area contributed by atoms with Crippen LogP contribution in [0.15, 0.2) is 34.8 Å². The number of benzene rings is 2. The van der Waals surface area contributed by atoms with Crippen molar-refractivity contribution in [2.75, 3.05) is 0 Å². The number of aliphatic hydroxyl groups is 1. The third-order valence-electron chi connectivity index (χ3n) is 2.63. The van der Waals surface area contributed by atoms with Crippen LogP contribution in [0.1, 0.15) is 18.6 Å². The number of hydrogen-bond donors (Lipinski definition) is 1. The van der Waals surface area contributed by atoms with Gasteiger partial charge in [-0.15, -0.1) is 0 Å². The Labute approximate surface area is 134 Å². The Morgan fingerprint density at radius 3 is 2.45 bits per heavy atom. The molecule has 0 unspecified atom stereocenters. The molecule has 20 heavy (non-hydrogen) atoms. The molecular weight excluding hydrogens is 370 g/mol. The molecular formula is C14H10BrCl2FO2. The first kappa shape index (κ1) is 15.6. The van der Waals surface area contributed by atoms with Crippen LogP contribution in [-0.4, -0.2) is 5.11 Å². The standard InChI is InChI=1S/C14H10BrCl2FO2/c1-7(19)8-2-3-13(12(18)4-8)20-14-6-10(16)9(15)5-11(14)17/h2-7,19H,1H3/t7-/m1/s1. The number of hydrogen-bond acceptors (Lipinski definition) is 2. The van der Waals surface area contributed by atoms with Crippen LogP contribution in [-0.2, 0) is 0 Å². The number of rotatable bonds is 3. The van der Waals surface area contributed by atoms with Gasteiger partial charge in [0.1, 0.15) is 5.75 Å². The average Bonchev–Trinajstić information content (AvgIpc) is 2.37. The zero-order chi connectivity index (χ0) is 14.9. The van der Waals surface area contributed by atoms with Gasteiger partial charge in [0.2, 0.25) is 0 Å². The summed E-state index contributed by atoms with van der Waals surface area (Å²) in [5, 5.41) is 10.1. The van der Waals surface area contributed by atoms with Gasteiger partial charge in [-0.05, 0) is 46.6 Å². The van der Waals surface area contributed by atoms with E-state index in [0.29, 0.717) is 20.1 Å². The fourth-order valence-electron chi connectivity index (χ4n) is 1.56. The van der Waals surface area contributed by atoms with E-state index >= 15 is 0 Å². The van der Waals surface area contributed by atoms with Crippen molar-refractivity contribution in [2.45, 2.75) is 13.0 Å². The molecule has 2 aromatic rings. The molecule has 6 heteroatoms. The summed E-state index contributed by atoms with van der Waals surface area (Å²) in [6.07, 6.45) is -0.746. The van der Waals surface area contributed by atoms with Gasteiger partial charge in [0, 0.05) is 10.5 Å². The minimum absolute atomic E-state index is 0.00897. The summed E-state index contributed by atoms with van der Waals surface area (Å²) in [6.45, 7) is 1.56. The predicted molar refractivity (Wildman–Crippen MR) is 81.3 cm³/mol. The van der Waals surface area contributed by atoms with Crippen LogP contribution >= 0.6 is 39.1 Å². The van der Waals surface area contributed by atoms with E-state index in [1.165, 1.54) is 18.2 Å². The first-order valence-corrected chi connectivity index (χ1v) is 7.23. The highest BCUT2D eigenvalue weighted by Crippen LogP contribution is 2.37. The molecule has 2 aromatic carbocycles. The van der Waals surface area contributed by atoms with Gasteiger partial charge < -0.3 is 9.84 Å². The van der Waals surface area contributed by atoms with E-state index in [0.717, 1.165) is 0 Å². The van der Waals surface area contributed by atoms with Crippen LogP contribution in [0.25, 0.3) is 0 Å². The lowest BCUT2D eigenvalue weighted by Crippen LogP contribution is -1.95. The topological polar surface area (TPSA) is 29.5 Å². The van der Waals surface area contributed by atoms with Crippen molar-refractivity contribution in [2.24, 2.45) is 0 Å². The van der Waals surface area contributed by atoms with E-state index in [4.69, 9.17) is 27.9 Å². The normalized spacial score (nSPS) is 12.3. The summed E-state index contributed by atoms with van der Waals surface area (Å²) in [5.41, 5.74) is 0.467. The Hall–Kier alpha value is -0.810. The maximum atomic E-state index is 13.9. The molecule has 2 rings (SSSR count). The van der Waals surface area contributed by atoms with E-state index in [1.807, 2.05) is 0 Å². The van der Waals surface area contributed by atoms with Crippen molar-refractivity contribution in [3.8, 4) is 11.5 Å². The second-order valence-corrected chi connectivity index (χ2v) is 5.83. The molecule has 0 aromatic heterocycles. The Kier molecular flexibility index (Phi) is 4.91. The zero-order valence-corrected chi connectivity index (χ0v) is 13.4. The number of halogens is 4. The first-order chi connectivity index (χ1) is 9.38. The molecule has 0 aliphatic heterocycles. The highest BCUT2D eigenvalue weighted by molar-refractivity contribution is 9.10. The molecule has 0 saturated carbocycles. The van der Waals surface area contributed by atoms with Gasteiger partial charge >= 0.3 is 0 Å². The monoisotopic (exact) mass is 378 g/mol. The highest BCUT2D eigenvalue weighted by atomic mass is 79.9. The van der Waals surface area contributed by atoms with Crippen LogP contribution in [0.5, 0.6) is 11.5 Å². The van der Waals surface area contributed by atoms with Crippen molar-refractivity contribution < 1.29 is 14.2 Å². The van der Waals surface area contributed by atoms with Crippen molar-refractivity contribution in [1.29, 1.82) is 0 Å². The lowest BCUT2D eigenvalue weighted by Gasteiger charge is -2.11. The van der Waals surface area contributed by atoms with Gasteiger partial charge in [0.25, 0.3) is 0 Å². The van der Waals surface area contributed by atoms with Crippen LogP contribution in [0, 0.1) is 5.82 Å². The fraction of sp³-hybridized carbons (Fsp3) is 0.143. The van der Waals surface area contributed by atoms with Gasteiger partial charge in [0.05, 0.1) is 16.1 Å². The van der Waals surface area contributed by atoms with Crippen LogP contribution in [0.3, 0.4) is 0 Å². The van der Waals surface area contributed by atoms with Crippen molar-refractivity contribution in [3.05, 3.63) is 56.2 Å². The molecule has 0 bridgehead atoms. The zero-order valence-electron chi connectivity index (χ0n) is 10.3. The average molecular weight is 380 g/mol. The van der Waals surface area contributed by atoms with Crippen molar-refractivity contribution >= 4 is 39.1 Å². The molecule has 1 N–H and O–H groups in total. The summed E-state index contributed by atoms with van der Waals surface area (Å²) in [4.78, 5) is 0. The molecule has 106 valence electrons. The van der Waals surface area contributed by atoms with E-state index in [-0.39, 0.29) is 11.5 Å². The third-order valence-corrected chi connectivity index (χ3v) is 4.13. The van der Waals surface area contributed by atoms with E-state index in [1.54, 1.807) is 19.1 Å². The SMILES string of the molecule is C[C@@H](O)c1ccc(Oc2cc(Cl)c(Br)cc2Cl)c(F)c1. The number of aliphatic hydroxyl groups excluding tert-OH is 1. The molecule has 0 heterocycles. The van der Waals surface area contributed by atoms with Gasteiger partial charge in [0.15, 0.2) is 11.6 Å². The minimum Gasteiger partial charge on any atom is -0.453 e. The lowest BCUT2D eigenvalue weighted by molar-refractivity contribution is 0.198. The van der Waals surface area contributed by atoms with Crippen molar-refractivity contribution in [3.63, 3.8) is 0 Å². The maximum absolute atomic E-state index is 13.9. The molecule has 0 amide bonds. The third kappa shape index (κ3) is 3.44. The van der Waals surface area contributed by atoms with Crippen LogP contribution in [0.2, 0.25) is 10.0 Å².